The van der Waals surface area contributed by atoms with Gasteiger partial charge in [0, 0.05) is 0 Å². The predicted molar refractivity (Wildman–Crippen MR) is 83.7 cm³/mol. The van der Waals surface area contributed by atoms with Crippen molar-refractivity contribution >= 4 is 6.08 Å². The van der Waals surface area contributed by atoms with Crippen molar-refractivity contribution in [3.05, 3.63) is 48.0 Å². The topological polar surface area (TPSA) is 66.2 Å². The van der Waals surface area contributed by atoms with Crippen LogP contribution < -0.4 is 0 Å². The number of aliphatic hydroxyl groups excluding tert-OH is 1. The van der Waals surface area contributed by atoms with Crippen LogP contribution in [0.2, 0.25) is 0 Å². The third-order valence-corrected chi connectivity index (χ3v) is 3.18. The molecule has 1 aromatic carbocycles. The minimum absolute atomic E-state index is 0.0547. The molecule has 4 nitrogen and oxygen atoms in total. The first kappa shape index (κ1) is 16.1. The molecule has 2 N–H and O–H groups in total. The minimum Gasteiger partial charge on any atom is -0.505 e. The molecule has 0 aliphatic heterocycles. The van der Waals surface area contributed by atoms with Gasteiger partial charge in [0.25, 0.3) is 0 Å². The first-order chi connectivity index (χ1) is 10.6. The van der Waals surface area contributed by atoms with Gasteiger partial charge in [-0.2, -0.15) is 0 Å². The quantitative estimate of drug-likeness (QED) is 0.801. The number of nitrogens with zero attached hydrogens (tertiary/aromatic N) is 2. The monoisotopic (exact) mass is 302 g/mol. The van der Waals surface area contributed by atoms with E-state index in [0.717, 1.165) is 24.8 Å². The molecule has 0 radical (unpaired) electrons. The molecule has 116 valence electrons. The number of aromatic nitrogens is 2. The van der Waals surface area contributed by atoms with Crippen LogP contribution in [0.25, 0.3) is 17.5 Å². The number of aliphatic hydroxyl groups is 1. The van der Waals surface area contributed by atoms with Gasteiger partial charge in [0.1, 0.15) is 5.82 Å². The average Bonchev–Trinajstić information content (AvgIpc) is 2.48. The van der Waals surface area contributed by atoms with E-state index in [4.69, 9.17) is 10.2 Å². The molecule has 2 rings (SSSR count). The zero-order valence-corrected chi connectivity index (χ0v) is 12.4. The number of halogens is 1. The van der Waals surface area contributed by atoms with Crippen molar-refractivity contribution in [2.45, 2.75) is 32.3 Å². The van der Waals surface area contributed by atoms with Gasteiger partial charge in [-0.25, -0.2) is 14.4 Å². The van der Waals surface area contributed by atoms with Gasteiger partial charge in [0.2, 0.25) is 0 Å². The van der Waals surface area contributed by atoms with E-state index in [9.17, 15) is 4.39 Å². The van der Waals surface area contributed by atoms with E-state index in [2.05, 4.69) is 9.97 Å². The summed E-state index contributed by atoms with van der Waals surface area (Å²) in [6.07, 6.45) is 8.51. The zero-order valence-electron chi connectivity index (χ0n) is 12.4. The Labute approximate surface area is 129 Å². The van der Waals surface area contributed by atoms with Crippen molar-refractivity contribution in [2.75, 3.05) is 0 Å². The Hall–Kier alpha value is -2.27. The maximum Gasteiger partial charge on any atom is 0.162 e. The van der Waals surface area contributed by atoms with Crippen LogP contribution in [-0.4, -0.2) is 26.3 Å². The number of benzene rings is 1. The fourth-order valence-corrected chi connectivity index (χ4v) is 2.03. The summed E-state index contributed by atoms with van der Waals surface area (Å²) >= 11 is 0. The Morgan fingerprint density at radius 1 is 1.27 bits per heavy atom. The second kappa shape index (κ2) is 7.66. The van der Waals surface area contributed by atoms with Crippen molar-refractivity contribution in [3.63, 3.8) is 0 Å². The number of allylic oxidation sites excluding steroid dienone is 1. The maximum absolute atomic E-state index is 14.1. The lowest BCUT2D eigenvalue weighted by molar-refractivity contribution is 0.182. The van der Waals surface area contributed by atoms with Crippen LogP contribution in [0.4, 0.5) is 4.39 Å². The van der Waals surface area contributed by atoms with Gasteiger partial charge < -0.3 is 10.2 Å². The molecule has 0 bridgehead atoms. The number of aromatic hydroxyl groups is 1. The summed E-state index contributed by atoms with van der Waals surface area (Å²) in [7, 11) is 0. The molecule has 1 heterocycles. The lowest BCUT2D eigenvalue weighted by Gasteiger charge is -2.03. The summed E-state index contributed by atoms with van der Waals surface area (Å²) in [5.74, 6) is -0.222. The van der Waals surface area contributed by atoms with Crippen molar-refractivity contribution in [2.24, 2.45) is 0 Å². The van der Waals surface area contributed by atoms with Crippen molar-refractivity contribution < 1.29 is 14.6 Å². The SMILES string of the molecule is CC(O)CCCC=Cc1ccc(-c2ncc(O)cn2)c(F)c1. The molecule has 1 aromatic heterocycles. The van der Waals surface area contributed by atoms with E-state index >= 15 is 0 Å². The Kier molecular flexibility index (Phi) is 5.61. The predicted octanol–water partition coefficient (Wildman–Crippen LogP) is 3.55. The first-order valence-electron chi connectivity index (χ1n) is 7.22. The van der Waals surface area contributed by atoms with Gasteiger partial charge in [-0.15, -0.1) is 0 Å². The highest BCUT2D eigenvalue weighted by Crippen LogP contribution is 2.21. The molecule has 5 heteroatoms. The van der Waals surface area contributed by atoms with E-state index in [1.807, 2.05) is 12.2 Å². The lowest BCUT2D eigenvalue weighted by atomic mass is 10.1. The van der Waals surface area contributed by atoms with Crippen molar-refractivity contribution in [1.82, 2.24) is 9.97 Å². The fraction of sp³-hybridized carbons (Fsp3) is 0.294. The zero-order chi connectivity index (χ0) is 15.9. The number of rotatable bonds is 6. The summed E-state index contributed by atoms with van der Waals surface area (Å²) in [5, 5.41) is 18.3. The van der Waals surface area contributed by atoms with E-state index in [0.29, 0.717) is 5.56 Å². The van der Waals surface area contributed by atoms with Gasteiger partial charge in [-0.1, -0.05) is 18.2 Å². The van der Waals surface area contributed by atoms with Crippen LogP contribution in [0.3, 0.4) is 0 Å². The molecular formula is C17H19FN2O2. The van der Waals surface area contributed by atoms with Gasteiger partial charge in [-0.05, 0) is 43.9 Å². The van der Waals surface area contributed by atoms with Crippen LogP contribution >= 0.6 is 0 Å². The number of hydrogen-bond donors (Lipinski definition) is 2. The Morgan fingerprint density at radius 3 is 2.64 bits per heavy atom. The Morgan fingerprint density at radius 2 is 2.00 bits per heavy atom. The maximum atomic E-state index is 14.1. The minimum atomic E-state index is -0.406. The summed E-state index contributed by atoms with van der Waals surface area (Å²) in [6, 6.07) is 4.84. The van der Waals surface area contributed by atoms with E-state index in [1.165, 1.54) is 18.5 Å². The average molecular weight is 302 g/mol. The fourth-order valence-electron chi connectivity index (χ4n) is 2.03. The molecular weight excluding hydrogens is 283 g/mol. The molecule has 0 fully saturated rings. The number of unbranched alkanes of at least 4 members (excludes halogenated alkanes) is 1. The van der Waals surface area contributed by atoms with Crippen LogP contribution in [-0.2, 0) is 0 Å². The lowest BCUT2D eigenvalue weighted by Crippen LogP contribution is -1.97. The summed E-state index contributed by atoms with van der Waals surface area (Å²) in [4.78, 5) is 7.80. The molecule has 0 saturated heterocycles. The van der Waals surface area contributed by atoms with E-state index in [1.54, 1.807) is 19.1 Å². The Balaban J connectivity index is 2.03. The highest BCUT2D eigenvalue weighted by atomic mass is 19.1. The third-order valence-electron chi connectivity index (χ3n) is 3.18. The number of hydrogen-bond acceptors (Lipinski definition) is 4. The van der Waals surface area contributed by atoms with Gasteiger partial charge in [0.15, 0.2) is 11.6 Å². The summed E-state index contributed by atoms with van der Waals surface area (Å²) in [6.45, 7) is 1.77. The molecule has 0 aliphatic carbocycles. The van der Waals surface area contributed by atoms with E-state index in [-0.39, 0.29) is 17.7 Å². The van der Waals surface area contributed by atoms with Gasteiger partial charge in [0.05, 0.1) is 24.1 Å². The molecule has 2 aromatic rings. The molecule has 0 amide bonds. The summed E-state index contributed by atoms with van der Waals surface area (Å²) in [5.41, 5.74) is 1.06. The standard InChI is InChI=1S/C17H19FN2O2/c1-12(21)5-3-2-4-6-13-7-8-15(16(18)9-13)17-19-10-14(22)11-20-17/h4,6-12,21-22H,2-3,5H2,1H3. The van der Waals surface area contributed by atoms with Crippen LogP contribution in [0.1, 0.15) is 31.7 Å². The van der Waals surface area contributed by atoms with Crippen molar-refractivity contribution in [3.8, 4) is 17.1 Å². The third kappa shape index (κ3) is 4.63. The molecule has 1 unspecified atom stereocenters. The molecule has 0 aliphatic rings. The highest BCUT2D eigenvalue weighted by Gasteiger charge is 2.08. The Bertz CT molecular complexity index is 640. The highest BCUT2D eigenvalue weighted by molar-refractivity contribution is 5.60. The second-order valence-electron chi connectivity index (χ2n) is 5.19. The molecule has 0 spiro atoms. The van der Waals surface area contributed by atoms with Crippen molar-refractivity contribution in [1.29, 1.82) is 0 Å². The smallest absolute Gasteiger partial charge is 0.162 e. The largest absolute Gasteiger partial charge is 0.505 e. The van der Waals surface area contributed by atoms with E-state index < -0.39 is 5.82 Å². The molecule has 0 saturated carbocycles. The van der Waals surface area contributed by atoms with Crippen LogP contribution in [0, 0.1) is 5.82 Å². The second-order valence-corrected chi connectivity index (χ2v) is 5.19. The normalized spacial score (nSPS) is 12.7. The van der Waals surface area contributed by atoms with Crippen LogP contribution in [0.5, 0.6) is 5.75 Å². The van der Waals surface area contributed by atoms with Crippen LogP contribution in [0.15, 0.2) is 36.7 Å². The first-order valence-corrected chi connectivity index (χ1v) is 7.22. The molecule has 1 atom stereocenters. The molecule has 22 heavy (non-hydrogen) atoms. The summed E-state index contributed by atoms with van der Waals surface area (Å²) < 4.78 is 14.1. The van der Waals surface area contributed by atoms with Gasteiger partial charge >= 0.3 is 0 Å². The van der Waals surface area contributed by atoms with Gasteiger partial charge in [-0.3, -0.25) is 0 Å².